The third-order valence-corrected chi connectivity index (χ3v) is 4.50. The minimum absolute atomic E-state index is 0. The summed E-state index contributed by atoms with van der Waals surface area (Å²) in [5.74, 6) is 0.768. The third-order valence-electron chi connectivity index (χ3n) is 4.50. The summed E-state index contributed by atoms with van der Waals surface area (Å²) in [5.41, 5.74) is 3.70. The van der Waals surface area contributed by atoms with Crippen LogP contribution in [0.4, 0.5) is 0 Å². The van der Waals surface area contributed by atoms with E-state index in [-0.39, 0.29) is 24.3 Å². The highest BCUT2D eigenvalue weighted by Gasteiger charge is 2.38. The molecule has 1 aromatic carbocycles. The van der Waals surface area contributed by atoms with Crippen LogP contribution in [0.3, 0.4) is 0 Å². The van der Waals surface area contributed by atoms with Crippen LogP contribution >= 0.6 is 0 Å². The molecule has 0 amide bonds. The second-order valence-corrected chi connectivity index (χ2v) is 7.95. The highest BCUT2D eigenvalue weighted by Crippen LogP contribution is 2.49. The number of aryl methyl sites for hydroxylation is 1. The molecule has 0 saturated heterocycles. The van der Waals surface area contributed by atoms with Gasteiger partial charge in [-0.25, -0.2) is 4.85 Å². The molecule has 130 valence electrons. The molecule has 0 saturated carbocycles. The summed E-state index contributed by atoms with van der Waals surface area (Å²) >= 11 is 0. The van der Waals surface area contributed by atoms with Crippen LogP contribution in [-0.4, -0.2) is 12.9 Å². The molecule has 0 bridgehead atoms. The lowest BCUT2D eigenvalue weighted by Gasteiger charge is -2.20. The highest BCUT2D eigenvalue weighted by atomic mass is 16.5. The molecule has 1 aliphatic carbocycles. The van der Waals surface area contributed by atoms with Crippen molar-refractivity contribution in [3.8, 4) is 5.75 Å². The van der Waals surface area contributed by atoms with E-state index in [0.29, 0.717) is 6.42 Å². The van der Waals surface area contributed by atoms with Crippen LogP contribution in [0.5, 0.6) is 5.75 Å². The maximum absolute atomic E-state index is 12.7. The lowest BCUT2D eigenvalue weighted by molar-refractivity contribution is -0.122. The number of allylic oxidation sites excluding steroid dienone is 2. The van der Waals surface area contributed by atoms with Crippen LogP contribution < -0.4 is 4.74 Å². The van der Waals surface area contributed by atoms with Gasteiger partial charge in [0.1, 0.15) is 5.75 Å². The molecule has 0 fully saturated rings. The van der Waals surface area contributed by atoms with Gasteiger partial charge in [0.25, 0.3) is 0 Å². The minimum Gasteiger partial charge on any atom is -0.496 e. The number of nitrogens with zero attached hydrogens (tertiary/aromatic N) is 1. The van der Waals surface area contributed by atoms with Gasteiger partial charge in [0.05, 0.1) is 13.7 Å². The first-order chi connectivity index (χ1) is 10.5. The van der Waals surface area contributed by atoms with Crippen molar-refractivity contribution in [3.05, 3.63) is 45.9 Å². The molecule has 1 aliphatic rings. The van der Waals surface area contributed by atoms with Crippen molar-refractivity contribution in [2.45, 2.75) is 60.8 Å². The summed E-state index contributed by atoms with van der Waals surface area (Å²) in [5, 5.41) is 0. The first-order valence-corrected chi connectivity index (χ1v) is 7.88. The van der Waals surface area contributed by atoms with E-state index in [2.05, 4.69) is 30.8 Å². The zero-order chi connectivity index (χ0) is 17.6. The Balaban J connectivity index is 0.00000288. The Morgan fingerprint density at radius 2 is 1.88 bits per heavy atom. The van der Waals surface area contributed by atoms with Gasteiger partial charge in [0, 0.05) is 5.41 Å². The zero-order valence-corrected chi connectivity index (χ0v) is 15.1. The molecule has 24 heavy (non-hydrogen) atoms. The second-order valence-electron chi connectivity index (χ2n) is 7.95. The van der Waals surface area contributed by atoms with E-state index in [0.717, 1.165) is 28.0 Å². The van der Waals surface area contributed by atoms with Crippen molar-refractivity contribution in [2.24, 2.45) is 5.41 Å². The average molecular weight is 327 g/mol. The number of fused-ring (bicyclic) bond motifs is 1. The Hall–Kier alpha value is -2.08. The maximum Gasteiger partial charge on any atom is 0.233 e. The van der Waals surface area contributed by atoms with Gasteiger partial charge in [-0.05, 0) is 53.2 Å². The maximum atomic E-state index is 12.7. The van der Waals surface area contributed by atoms with Crippen LogP contribution in [0, 0.1) is 18.9 Å². The Bertz CT molecular complexity index is 740. The average Bonchev–Trinajstić information content (AvgIpc) is 2.69. The SMILES string of the molecule is C.[C-]#[N+]/C(C(=O)C(C)(C)C)=C1/CC(C)(C)c2cc(OC)c(C)cc21. The molecule has 3 nitrogen and oxygen atoms in total. The molecule has 0 spiro atoms. The highest BCUT2D eigenvalue weighted by molar-refractivity contribution is 6.08. The lowest BCUT2D eigenvalue weighted by Crippen LogP contribution is -2.21. The quantitative estimate of drug-likeness (QED) is 0.525. The molecule has 3 heteroatoms. The second kappa shape index (κ2) is 6.43. The largest absolute Gasteiger partial charge is 0.496 e. The number of ether oxygens (including phenoxy) is 1. The van der Waals surface area contributed by atoms with Crippen molar-refractivity contribution in [2.75, 3.05) is 7.11 Å². The number of benzene rings is 1. The summed E-state index contributed by atoms with van der Waals surface area (Å²) in [6.07, 6.45) is 0.703. The number of methoxy groups -OCH3 is 1. The van der Waals surface area contributed by atoms with E-state index in [9.17, 15) is 4.79 Å². The molecule has 0 N–H and O–H groups in total. The van der Waals surface area contributed by atoms with E-state index in [1.54, 1.807) is 7.11 Å². The predicted octanol–water partition coefficient (Wildman–Crippen LogP) is 5.57. The van der Waals surface area contributed by atoms with Crippen molar-refractivity contribution >= 4 is 11.4 Å². The van der Waals surface area contributed by atoms with Crippen molar-refractivity contribution < 1.29 is 9.53 Å². The number of carbonyl (C=O) groups excluding carboxylic acids is 1. The van der Waals surface area contributed by atoms with E-state index < -0.39 is 5.41 Å². The Kier molecular flexibility index (Phi) is 5.35. The van der Waals surface area contributed by atoms with Crippen molar-refractivity contribution in [1.29, 1.82) is 0 Å². The van der Waals surface area contributed by atoms with E-state index >= 15 is 0 Å². The Labute approximate surface area is 146 Å². The topological polar surface area (TPSA) is 30.7 Å². The summed E-state index contributed by atoms with van der Waals surface area (Å²) in [6, 6.07) is 4.11. The number of Topliss-reactive ketones (excluding diaryl/α,β-unsaturated/α-hetero) is 1. The normalized spacial score (nSPS) is 17.4. The summed E-state index contributed by atoms with van der Waals surface area (Å²) in [6.45, 7) is 19.4. The number of hydrogen-bond acceptors (Lipinski definition) is 2. The number of ketones is 1. The van der Waals surface area contributed by atoms with Crippen LogP contribution in [-0.2, 0) is 10.2 Å². The molecule has 2 rings (SSSR count). The predicted molar refractivity (Wildman–Crippen MR) is 100 cm³/mol. The molecule has 0 unspecified atom stereocenters. The van der Waals surface area contributed by atoms with Gasteiger partial charge in [-0.1, -0.05) is 42.0 Å². The monoisotopic (exact) mass is 327 g/mol. The molecule has 0 radical (unpaired) electrons. The fraction of sp³-hybridized carbons (Fsp3) is 0.524. The van der Waals surface area contributed by atoms with Crippen molar-refractivity contribution in [1.82, 2.24) is 0 Å². The van der Waals surface area contributed by atoms with Gasteiger partial charge in [-0.3, -0.25) is 0 Å². The number of hydrogen-bond donors (Lipinski definition) is 0. The van der Waals surface area contributed by atoms with E-state index in [1.165, 1.54) is 0 Å². The van der Waals surface area contributed by atoms with Gasteiger partial charge < -0.3 is 9.53 Å². The van der Waals surface area contributed by atoms with Gasteiger partial charge >= 0.3 is 0 Å². The molecular weight excluding hydrogens is 298 g/mol. The first-order valence-electron chi connectivity index (χ1n) is 7.88. The van der Waals surface area contributed by atoms with Gasteiger partial charge in [-0.2, -0.15) is 0 Å². The molecule has 1 aromatic rings. The molecular formula is C21H29NO2. The third kappa shape index (κ3) is 3.24. The van der Waals surface area contributed by atoms with Crippen molar-refractivity contribution in [3.63, 3.8) is 0 Å². The zero-order valence-electron chi connectivity index (χ0n) is 15.1. The molecule has 0 heterocycles. The molecule has 0 aromatic heterocycles. The van der Waals surface area contributed by atoms with Crippen LogP contribution in [0.1, 0.15) is 65.2 Å². The molecule has 0 atom stereocenters. The summed E-state index contributed by atoms with van der Waals surface area (Å²) < 4.78 is 5.44. The minimum atomic E-state index is -0.554. The Morgan fingerprint density at radius 1 is 1.29 bits per heavy atom. The summed E-state index contributed by atoms with van der Waals surface area (Å²) in [7, 11) is 1.67. The fourth-order valence-corrected chi connectivity index (χ4v) is 3.17. The van der Waals surface area contributed by atoms with E-state index in [1.807, 2.05) is 27.7 Å². The standard InChI is InChI=1S/C20H25NO2.CH4/c1-12-9-13-14(17(21-7)18(22)19(2,3)4)11-20(5,6)15(13)10-16(12)23-8;/h9-10H,11H2,1-6,8H3;1H4/b17-14-;. The number of rotatable bonds is 2. The van der Waals surface area contributed by atoms with Crippen LogP contribution in [0.25, 0.3) is 10.4 Å². The van der Waals surface area contributed by atoms with Crippen LogP contribution in [0.2, 0.25) is 0 Å². The Morgan fingerprint density at radius 3 is 2.33 bits per heavy atom. The van der Waals surface area contributed by atoms with Gasteiger partial charge in [0.2, 0.25) is 5.70 Å². The first kappa shape index (κ1) is 20.0. The van der Waals surface area contributed by atoms with Crippen LogP contribution in [0.15, 0.2) is 17.8 Å². The van der Waals surface area contributed by atoms with E-state index in [4.69, 9.17) is 11.3 Å². The van der Waals surface area contributed by atoms with Gasteiger partial charge in [-0.15, -0.1) is 0 Å². The molecule has 0 aliphatic heterocycles. The fourth-order valence-electron chi connectivity index (χ4n) is 3.17. The van der Waals surface area contributed by atoms with Gasteiger partial charge in [0.15, 0.2) is 5.78 Å². The smallest absolute Gasteiger partial charge is 0.233 e. The lowest BCUT2D eigenvalue weighted by atomic mass is 9.85. The summed E-state index contributed by atoms with van der Waals surface area (Å²) in [4.78, 5) is 16.3. The number of carbonyl (C=O) groups is 1.